The highest BCUT2D eigenvalue weighted by Crippen LogP contribution is 2.38. The van der Waals surface area contributed by atoms with Crippen molar-refractivity contribution in [3.05, 3.63) is 74.4 Å². The number of hydrogen-bond acceptors (Lipinski definition) is 5. The fourth-order valence-corrected chi connectivity index (χ4v) is 6.64. The van der Waals surface area contributed by atoms with E-state index in [1.165, 1.54) is 15.3 Å². The summed E-state index contributed by atoms with van der Waals surface area (Å²) >= 11 is 7.01. The summed E-state index contributed by atoms with van der Waals surface area (Å²) < 4.78 is 2.07. The van der Waals surface area contributed by atoms with Gasteiger partial charge in [-0.2, -0.15) is 5.26 Å². The van der Waals surface area contributed by atoms with Crippen LogP contribution in [0.1, 0.15) is 51.4 Å². The van der Waals surface area contributed by atoms with Crippen molar-refractivity contribution in [1.82, 2.24) is 9.88 Å². The molecule has 3 aromatic rings. The first kappa shape index (κ1) is 23.2. The fraction of sp³-hybridized carbons (Fsp3) is 0.259. The fourth-order valence-electron chi connectivity index (χ4n) is 4.92. The van der Waals surface area contributed by atoms with E-state index in [4.69, 9.17) is 12.2 Å². The molecule has 0 bridgehead atoms. The quantitative estimate of drug-likeness (QED) is 0.310. The Morgan fingerprint density at radius 2 is 1.89 bits per heavy atom. The number of nitrogens with one attached hydrogen (secondary N) is 1. The first-order chi connectivity index (χ1) is 16.8. The maximum Gasteiger partial charge on any atom is 0.270 e. The molecule has 0 unspecified atom stereocenters. The molecule has 2 aliphatic rings. The standard InChI is InChI=1S/C27H24N4O2S2/c1-15-8-4-6-10-22(15)31-25(33)20(24(32)29-27(31)34)13-18-12-16(2)30(17(18)3)26-21(14-28)19-9-5-7-11-23(19)35-26/h4,6,8,10,12-13H,5,7,9,11H2,1-3H3,(H,29,32,34)/b20-13+. The van der Waals surface area contributed by atoms with Gasteiger partial charge in [-0.05, 0) is 93.6 Å². The summed E-state index contributed by atoms with van der Waals surface area (Å²) in [7, 11) is 0. The Morgan fingerprint density at radius 1 is 1.14 bits per heavy atom. The number of carbonyl (C=O) groups excluding carboxylic acids is 2. The van der Waals surface area contributed by atoms with Crippen LogP contribution in [0.4, 0.5) is 5.69 Å². The summed E-state index contributed by atoms with van der Waals surface area (Å²) in [5.74, 6) is -0.971. The maximum absolute atomic E-state index is 13.5. The van der Waals surface area contributed by atoms with Crippen LogP contribution < -0.4 is 10.2 Å². The molecule has 0 radical (unpaired) electrons. The molecule has 0 spiro atoms. The summed E-state index contributed by atoms with van der Waals surface area (Å²) in [6.45, 7) is 5.83. The third-order valence-corrected chi connectivity index (χ3v) is 8.26. The number of aromatic nitrogens is 1. The molecule has 6 nitrogen and oxygen atoms in total. The van der Waals surface area contributed by atoms with E-state index in [0.717, 1.165) is 58.8 Å². The zero-order chi connectivity index (χ0) is 24.9. The van der Waals surface area contributed by atoms with Crippen LogP contribution in [0.25, 0.3) is 11.1 Å². The molecular weight excluding hydrogens is 476 g/mol. The highest BCUT2D eigenvalue weighted by Gasteiger charge is 2.35. The minimum absolute atomic E-state index is 0.0214. The number of para-hydroxylation sites is 1. The normalized spacial score (nSPS) is 16.9. The van der Waals surface area contributed by atoms with Gasteiger partial charge in [-0.3, -0.25) is 19.8 Å². The number of fused-ring (bicyclic) bond motifs is 1. The Balaban J connectivity index is 1.59. The number of carbonyl (C=O) groups is 2. The molecule has 5 rings (SSSR count). The molecule has 35 heavy (non-hydrogen) atoms. The van der Waals surface area contributed by atoms with E-state index in [2.05, 4.69) is 16.0 Å². The highest BCUT2D eigenvalue weighted by molar-refractivity contribution is 7.80. The number of benzene rings is 1. The van der Waals surface area contributed by atoms with Crippen molar-refractivity contribution in [1.29, 1.82) is 5.26 Å². The number of hydrogen-bond donors (Lipinski definition) is 1. The Hall–Kier alpha value is -3.54. The highest BCUT2D eigenvalue weighted by atomic mass is 32.1. The van der Waals surface area contributed by atoms with Gasteiger partial charge in [0.15, 0.2) is 5.11 Å². The van der Waals surface area contributed by atoms with Crippen molar-refractivity contribution in [2.24, 2.45) is 0 Å². The molecule has 1 aromatic carbocycles. The Kier molecular flexibility index (Phi) is 5.91. The average Bonchev–Trinajstić information content (AvgIpc) is 3.33. The minimum atomic E-state index is -0.515. The molecule has 1 aliphatic heterocycles. The third-order valence-electron chi connectivity index (χ3n) is 6.70. The van der Waals surface area contributed by atoms with E-state index >= 15 is 0 Å². The van der Waals surface area contributed by atoms with Crippen LogP contribution in [-0.2, 0) is 22.4 Å². The van der Waals surface area contributed by atoms with Crippen molar-refractivity contribution >= 4 is 52.2 Å². The molecule has 1 fully saturated rings. The summed E-state index contributed by atoms with van der Waals surface area (Å²) in [5.41, 5.74) is 6.04. The van der Waals surface area contributed by atoms with Gasteiger partial charge < -0.3 is 4.57 Å². The molecule has 2 aromatic heterocycles. The Labute approximate surface area is 213 Å². The van der Waals surface area contributed by atoms with Gasteiger partial charge in [-0.1, -0.05) is 18.2 Å². The smallest absolute Gasteiger partial charge is 0.270 e. The van der Waals surface area contributed by atoms with E-state index in [9.17, 15) is 14.9 Å². The molecule has 176 valence electrons. The summed E-state index contributed by atoms with van der Waals surface area (Å²) in [5, 5.41) is 13.6. The van der Waals surface area contributed by atoms with Crippen molar-refractivity contribution < 1.29 is 9.59 Å². The van der Waals surface area contributed by atoms with Crippen LogP contribution in [0, 0.1) is 32.1 Å². The van der Waals surface area contributed by atoms with Crippen LogP contribution in [0.15, 0.2) is 35.9 Å². The third kappa shape index (κ3) is 3.81. The number of aryl methyl sites for hydroxylation is 3. The predicted molar refractivity (Wildman–Crippen MR) is 142 cm³/mol. The second kappa shape index (κ2) is 8.91. The van der Waals surface area contributed by atoms with Crippen molar-refractivity contribution in [2.75, 3.05) is 4.90 Å². The number of nitriles is 1. The molecule has 1 aliphatic carbocycles. The van der Waals surface area contributed by atoms with Crippen molar-refractivity contribution in [3.63, 3.8) is 0 Å². The predicted octanol–water partition coefficient (Wildman–Crippen LogP) is 5.05. The molecule has 1 saturated heterocycles. The van der Waals surface area contributed by atoms with Gasteiger partial charge in [-0.25, -0.2) is 0 Å². The van der Waals surface area contributed by atoms with Gasteiger partial charge in [-0.15, -0.1) is 11.3 Å². The number of nitrogens with zero attached hydrogens (tertiary/aromatic N) is 3. The van der Waals surface area contributed by atoms with E-state index in [0.29, 0.717) is 5.69 Å². The van der Waals surface area contributed by atoms with Gasteiger partial charge in [0, 0.05) is 16.3 Å². The molecular formula is C27H24N4O2S2. The van der Waals surface area contributed by atoms with Crippen LogP contribution in [0.5, 0.6) is 0 Å². The van der Waals surface area contributed by atoms with Crippen LogP contribution in [0.2, 0.25) is 0 Å². The van der Waals surface area contributed by atoms with Gasteiger partial charge in [0.2, 0.25) is 0 Å². The van der Waals surface area contributed by atoms with Gasteiger partial charge in [0.25, 0.3) is 11.8 Å². The second-order valence-corrected chi connectivity index (χ2v) is 10.4. The molecule has 1 N–H and O–H groups in total. The monoisotopic (exact) mass is 500 g/mol. The molecule has 0 saturated carbocycles. The number of thiophene rings is 1. The van der Waals surface area contributed by atoms with Crippen LogP contribution in [0.3, 0.4) is 0 Å². The van der Waals surface area contributed by atoms with Crippen LogP contribution in [-0.4, -0.2) is 21.5 Å². The van der Waals surface area contributed by atoms with Gasteiger partial charge in [0.05, 0.1) is 11.3 Å². The van der Waals surface area contributed by atoms with Crippen LogP contribution >= 0.6 is 23.6 Å². The maximum atomic E-state index is 13.5. The average molecular weight is 501 g/mol. The SMILES string of the molecule is Cc1ccccc1N1C(=O)/C(=C/c2cc(C)n(-c3sc4c(c3C#N)CCCC4)c2C)C(=O)NC1=S. The summed E-state index contributed by atoms with van der Waals surface area (Å²) in [4.78, 5) is 29.0. The van der Waals surface area contributed by atoms with E-state index in [1.807, 2.05) is 51.1 Å². The van der Waals surface area contributed by atoms with Gasteiger partial charge in [0.1, 0.15) is 16.6 Å². The first-order valence-electron chi connectivity index (χ1n) is 11.5. The topological polar surface area (TPSA) is 78.1 Å². The molecule has 3 heterocycles. The second-order valence-electron chi connectivity index (χ2n) is 8.91. The lowest BCUT2D eigenvalue weighted by Crippen LogP contribution is -2.54. The Morgan fingerprint density at radius 3 is 2.63 bits per heavy atom. The summed E-state index contributed by atoms with van der Waals surface area (Å²) in [6.07, 6.45) is 5.83. The molecule has 8 heteroatoms. The van der Waals surface area contributed by atoms with E-state index in [1.54, 1.807) is 17.4 Å². The lowest BCUT2D eigenvalue weighted by atomic mass is 9.96. The zero-order valence-electron chi connectivity index (χ0n) is 19.8. The largest absolute Gasteiger partial charge is 0.308 e. The van der Waals surface area contributed by atoms with E-state index in [-0.39, 0.29) is 10.7 Å². The zero-order valence-corrected chi connectivity index (χ0v) is 21.4. The minimum Gasteiger partial charge on any atom is -0.308 e. The first-order valence-corrected chi connectivity index (χ1v) is 12.7. The molecule has 2 amide bonds. The number of thiocarbonyl (C=S) groups is 1. The number of rotatable bonds is 3. The van der Waals surface area contributed by atoms with Gasteiger partial charge >= 0.3 is 0 Å². The van der Waals surface area contributed by atoms with Crippen molar-refractivity contribution in [3.8, 4) is 11.1 Å². The summed E-state index contributed by atoms with van der Waals surface area (Å²) in [6, 6.07) is 11.8. The van der Waals surface area contributed by atoms with E-state index < -0.39 is 11.8 Å². The number of anilines is 1. The molecule has 0 atom stereocenters. The van der Waals surface area contributed by atoms with Crippen molar-refractivity contribution in [2.45, 2.75) is 46.5 Å². The Bertz CT molecular complexity index is 1490. The lowest BCUT2D eigenvalue weighted by molar-refractivity contribution is -0.122. The lowest BCUT2D eigenvalue weighted by Gasteiger charge is -2.30. The number of amides is 2.